The molecule has 0 radical (unpaired) electrons. The lowest BCUT2D eigenvalue weighted by atomic mass is 9.48. The normalized spacial score (nSPS) is 34.9. The van der Waals surface area contributed by atoms with Crippen LogP contribution >= 0.6 is 0 Å². The highest BCUT2D eigenvalue weighted by molar-refractivity contribution is 5.89. The molecule has 0 bridgehead atoms. The van der Waals surface area contributed by atoms with Crippen LogP contribution < -0.4 is 11.1 Å². The van der Waals surface area contributed by atoms with Gasteiger partial charge in [0.2, 0.25) is 5.91 Å². The van der Waals surface area contributed by atoms with Crippen molar-refractivity contribution in [2.75, 3.05) is 19.8 Å². The number of rotatable bonds is 7. The summed E-state index contributed by atoms with van der Waals surface area (Å²) in [6.07, 6.45) is 3.77. The molecule has 0 spiro atoms. The molecule has 122 valence electrons. The fourth-order valence-corrected chi connectivity index (χ4v) is 4.17. The third-order valence-electron chi connectivity index (χ3n) is 5.62. The zero-order valence-corrected chi connectivity index (χ0v) is 13.5. The lowest BCUT2D eigenvalue weighted by molar-refractivity contribution is -0.175. The van der Waals surface area contributed by atoms with E-state index in [1.807, 2.05) is 13.8 Å². The van der Waals surface area contributed by atoms with E-state index in [0.29, 0.717) is 19.1 Å². The second kappa shape index (κ2) is 6.23. The molecular formula is C16H30N2O3. The van der Waals surface area contributed by atoms with Gasteiger partial charge in [-0.15, -0.1) is 0 Å². The van der Waals surface area contributed by atoms with Gasteiger partial charge in [0.05, 0.1) is 6.10 Å². The Morgan fingerprint density at radius 2 is 2.19 bits per heavy atom. The van der Waals surface area contributed by atoms with Gasteiger partial charge in [-0.3, -0.25) is 4.79 Å². The van der Waals surface area contributed by atoms with Crippen molar-refractivity contribution in [2.45, 2.75) is 58.1 Å². The van der Waals surface area contributed by atoms with Crippen LogP contribution in [0.2, 0.25) is 0 Å². The van der Waals surface area contributed by atoms with Gasteiger partial charge in [-0.05, 0) is 25.2 Å². The van der Waals surface area contributed by atoms with Crippen molar-refractivity contribution in [1.82, 2.24) is 5.32 Å². The summed E-state index contributed by atoms with van der Waals surface area (Å²) in [5, 5.41) is 12.1. The Morgan fingerprint density at radius 3 is 2.81 bits per heavy atom. The van der Waals surface area contributed by atoms with Gasteiger partial charge in [0, 0.05) is 31.1 Å². The van der Waals surface area contributed by atoms with Crippen LogP contribution in [-0.4, -0.2) is 42.4 Å². The van der Waals surface area contributed by atoms with Gasteiger partial charge in [0.15, 0.2) is 0 Å². The maximum absolute atomic E-state index is 12.7. The number of carbonyl (C=O) groups excluding carboxylic acids is 1. The molecule has 2 aliphatic rings. The summed E-state index contributed by atoms with van der Waals surface area (Å²) in [6, 6.07) is 0. The molecule has 4 atom stereocenters. The van der Waals surface area contributed by atoms with Crippen LogP contribution in [-0.2, 0) is 9.53 Å². The minimum absolute atomic E-state index is 0.0571. The van der Waals surface area contributed by atoms with Gasteiger partial charge in [0.25, 0.3) is 0 Å². The molecule has 0 aromatic rings. The minimum atomic E-state index is -0.829. The summed E-state index contributed by atoms with van der Waals surface area (Å²) >= 11 is 0. The fourth-order valence-electron chi connectivity index (χ4n) is 4.17. The number of aliphatic hydroxyl groups is 1. The van der Waals surface area contributed by atoms with Crippen molar-refractivity contribution in [3.63, 3.8) is 0 Å². The van der Waals surface area contributed by atoms with Crippen molar-refractivity contribution >= 4 is 5.91 Å². The van der Waals surface area contributed by atoms with Crippen molar-refractivity contribution < 1.29 is 14.6 Å². The SMILES string of the molecule is CCCC(CCO)CNC(=O)C1(N)C2CCOC2C1(C)C. The predicted octanol–water partition coefficient (Wildman–Crippen LogP) is 1.04. The first-order valence-corrected chi connectivity index (χ1v) is 8.19. The number of fused-ring (bicyclic) bond motifs is 1. The number of nitrogens with two attached hydrogens (primary N) is 1. The molecule has 5 heteroatoms. The highest BCUT2D eigenvalue weighted by atomic mass is 16.5. The summed E-state index contributed by atoms with van der Waals surface area (Å²) in [5.41, 5.74) is 5.35. The molecule has 4 N–H and O–H groups in total. The molecule has 1 amide bonds. The van der Waals surface area contributed by atoms with Crippen molar-refractivity contribution in [3.05, 3.63) is 0 Å². The average Bonchev–Trinajstić information content (AvgIpc) is 2.92. The molecule has 1 saturated carbocycles. The number of amides is 1. The first-order chi connectivity index (χ1) is 9.89. The molecule has 0 aromatic carbocycles. The van der Waals surface area contributed by atoms with E-state index in [1.165, 1.54) is 0 Å². The van der Waals surface area contributed by atoms with E-state index in [4.69, 9.17) is 15.6 Å². The number of hydrogen-bond acceptors (Lipinski definition) is 4. The van der Waals surface area contributed by atoms with Gasteiger partial charge in [-0.1, -0.05) is 27.2 Å². The maximum atomic E-state index is 12.7. The Labute approximate surface area is 127 Å². The average molecular weight is 298 g/mol. The monoisotopic (exact) mass is 298 g/mol. The number of aliphatic hydroxyl groups excluding tert-OH is 1. The highest BCUT2D eigenvalue weighted by Crippen LogP contribution is 2.58. The third kappa shape index (κ3) is 2.60. The molecular weight excluding hydrogens is 268 g/mol. The predicted molar refractivity (Wildman–Crippen MR) is 81.7 cm³/mol. The topological polar surface area (TPSA) is 84.6 Å². The quantitative estimate of drug-likeness (QED) is 0.656. The molecule has 2 rings (SSSR count). The van der Waals surface area contributed by atoms with Crippen LogP contribution in [0.4, 0.5) is 0 Å². The summed E-state index contributed by atoms with van der Waals surface area (Å²) < 4.78 is 5.72. The number of ether oxygens (including phenoxy) is 1. The molecule has 0 aromatic heterocycles. The molecule has 4 unspecified atom stereocenters. The standard InChI is InChI=1S/C16H30N2O3/c1-4-5-11(6-8-19)10-18-14(20)16(17)12-7-9-21-13(12)15(16,2)3/h11-13,19H,4-10,17H2,1-3H3,(H,18,20). The maximum Gasteiger partial charge on any atom is 0.241 e. The van der Waals surface area contributed by atoms with Gasteiger partial charge < -0.3 is 20.9 Å². The van der Waals surface area contributed by atoms with E-state index in [-0.39, 0.29) is 30.0 Å². The Balaban J connectivity index is 1.96. The van der Waals surface area contributed by atoms with E-state index in [9.17, 15) is 4.79 Å². The molecule has 1 aliphatic heterocycles. The van der Waals surface area contributed by atoms with Gasteiger partial charge in [0.1, 0.15) is 5.54 Å². The largest absolute Gasteiger partial charge is 0.396 e. The molecule has 1 heterocycles. The van der Waals surface area contributed by atoms with Crippen LogP contribution in [0, 0.1) is 17.3 Å². The van der Waals surface area contributed by atoms with Crippen molar-refractivity contribution in [1.29, 1.82) is 0 Å². The summed E-state index contributed by atoms with van der Waals surface area (Å²) in [6.45, 7) is 7.63. The van der Waals surface area contributed by atoms with E-state index in [0.717, 1.165) is 25.7 Å². The fraction of sp³-hybridized carbons (Fsp3) is 0.938. The van der Waals surface area contributed by atoms with Crippen LogP contribution in [0.1, 0.15) is 46.5 Å². The first-order valence-electron chi connectivity index (χ1n) is 8.19. The van der Waals surface area contributed by atoms with Crippen LogP contribution in [0.3, 0.4) is 0 Å². The number of hydrogen-bond donors (Lipinski definition) is 3. The summed E-state index contributed by atoms with van der Waals surface area (Å²) in [7, 11) is 0. The molecule has 1 saturated heterocycles. The van der Waals surface area contributed by atoms with E-state index >= 15 is 0 Å². The third-order valence-corrected chi connectivity index (χ3v) is 5.62. The van der Waals surface area contributed by atoms with Gasteiger partial charge in [-0.25, -0.2) is 0 Å². The highest BCUT2D eigenvalue weighted by Gasteiger charge is 2.71. The van der Waals surface area contributed by atoms with Crippen LogP contribution in [0.15, 0.2) is 0 Å². The molecule has 21 heavy (non-hydrogen) atoms. The Bertz CT molecular complexity index is 380. The number of nitrogens with one attached hydrogen (secondary N) is 1. The lowest BCUT2D eigenvalue weighted by Crippen LogP contribution is -2.80. The van der Waals surface area contributed by atoms with E-state index in [1.54, 1.807) is 0 Å². The zero-order valence-electron chi connectivity index (χ0n) is 13.5. The summed E-state index contributed by atoms with van der Waals surface area (Å²) in [4.78, 5) is 12.7. The molecule has 5 nitrogen and oxygen atoms in total. The molecule has 2 fully saturated rings. The molecule has 1 aliphatic carbocycles. The van der Waals surface area contributed by atoms with Gasteiger partial charge >= 0.3 is 0 Å². The first kappa shape index (κ1) is 16.7. The Hall–Kier alpha value is -0.650. The van der Waals surface area contributed by atoms with E-state index in [2.05, 4.69) is 12.2 Å². The van der Waals surface area contributed by atoms with Crippen LogP contribution in [0.25, 0.3) is 0 Å². The van der Waals surface area contributed by atoms with Crippen molar-refractivity contribution in [3.8, 4) is 0 Å². The van der Waals surface area contributed by atoms with Gasteiger partial charge in [-0.2, -0.15) is 0 Å². The van der Waals surface area contributed by atoms with E-state index < -0.39 is 5.54 Å². The Kier molecular flexibility index (Phi) is 4.96. The van der Waals surface area contributed by atoms with Crippen LogP contribution in [0.5, 0.6) is 0 Å². The summed E-state index contributed by atoms with van der Waals surface area (Å²) in [5.74, 6) is 0.402. The minimum Gasteiger partial charge on any atom is -0.396 e. The smallest absolute Gasteiger partial charge is 0.241 e. The number of carbonyl (C=O) groups is 1. The second-order valence-corrected chi connectivity index (χ2v) is 7.15. The Morgan fingerprint density at radius 1 is 1.48 bits per heavy atom. The second-order valence-electron chi connectivity index (χ2n) is 7.15. The lowest BCUT2D eigenvalue weighted by Gasteiger charge is -2.60. The van der Waals surface area contributed by atoms with Crippen molar-refractivity contribution in [2.24, 2.45) is 23.0 Å². The zero-order chi connectivity index (χ0) is 15.7.